The van der Waals surface area contributed by atoms with E-state index in [1.54, 1.807) is 0 Å². The number of nitrogens with zero attached hydrogens (tertiary/aromatic N) is 2. The summed E-state index contributed by atoms with van der Waals surface area (Å²) in [4.78, 5) is 12.0. The summed E-state index contributed by atoms with van der Waals surface area (Å²) in [5.41, 5.74) is 3.91. The van der Waals surface area contributed by atoms with Crippen molar-refractivity contribution in [2.45, 2.75) is 70.8 Å². The lowest BCUT2D eigenvalue weighted by atomic mass is 10.0. The fourth-order valence-corrected chi connectivity index (χ4v) is 2.36. The third kappa shape index (κ3) is 12.0. The average molecular weight is 318 g/mol. The number of carbonyl (C=O) groups excluding carboxylic acids is 1. The van der Waals surface area contributed by atoms with Crippen molar-refractivity contribution >= 4 is 5.91 Å². The number of hydrogen-bond acceptors (Lipinski definition) is 2. The van der Waals surface area contributed by atoms with Gasteiger partial charge in [-0.15, -0.1) is 0 Å². The highest BCUT2D eigenvalue weighted by molar-refractivity contribution is 5.79. The molecule has 0 fully saturated rings. The van der Waals surface area contributed by atoms with E-state index in [1.165, 1.54) is 38.5 Å². The monoisotopic (exact) mass is 317 g/mol. The van der Waals surface area contributed by atoms with E-state index in [4.69, 9.17) is 0 Å². The van der Waals surface area contributed by atoms with Crippen LogP contribution >= 0.6 is 0 Å². The Balaban J connectivity index is 3.69. The molecule has 0 aliphatic rings. The molecule has 4 N–H and O–H groups in total. The number of quaternary nitrogens is 2. The predicted octanol–water partition coefficient (Wildman–Crippen LogP) is 2.05. The van der Waals surface area contributed by atoms with Gasteiger partial charge in [-0.25, -0.2) is 5.06 Å². The molecular weight excluding hydrogens is 278 g/mol. The van der Waals surface area contributed by atoms with E-state index in [9.17, 15) is 10.0 Å². The van der Waals surface area contributed by atoms with Crippen LogP contribution < -0.4 is 5.73 Å². The molecule has 0 saturated heterocycles. The lowest BCUT2D eigenvalue weighted by molar-refractivity contribution is -0.870. The second-order valence-corrected chi connectivity index (χ2v) is 7.44. The van der Waals surface area contributed by atoms with Crippen molar-refractivity contribution in [3.05, 3.63) is 0 Å². The van der Waals surface area contributed by atoms with Crippen LogP contribution in [0.2, 0.25) is 0 Å². The zero-order valence-corrected chi connectivity index (χ0v) is 15.3. The van der Waals surface area contributed by atoms with Crippen LogP contribution in [0.4, 0.5) is 0 Å². The molecule has 0 aliphatic heterocycles. The summed E-state index contributed by atoms with van der Waals surface area (Å²) < 4.78 is 0.726. The summed E-state index contributed by atoms with van der Waals surface area (Å²) in [6.07, 6.45) is 10.8. The number of carbonyl (C=O) groups is 1. The number of hydroxylamine groups is 2. The molecule has 1 amide bonds. The summed E-state index contributed by atoms with van der Waals surface area (Å²) in [5, 5.41) is 10.7. The van der Waals surface area contributed by atoms with Crippen molar-refractivity contribution < 1.29 is 20.2 Å². The molecule has 0 aromatic carbocycles. The number of hydrogen-bond donors (Lipinski definition) is 2. The predicted molar refractivity (Wildman–Crippen MR) is 90.3 cm³/mol. The second-order valence-electron chi connectivity index (χ2n) is 7.44. The van der Waals surface area contributed by atoms with Gasteiger partial charge < -0.3 is 10.2 Å². The zero-order valence-electron chi connectivity index (χ0n) is 15.3. The largest absolute Gasteiger partial charge is 0.347 e. The van der Waals surface area contributed by atoms with Crippen LogP contribution in [0.3, 0.4) is 0 Å². The highest BCUT2D eigenvalue weighted by atomic mass is 16.5. The van der Waals surface area contributed by atoms with E-state index in [1.807, 2.05) is 21.1 Å². The summed E-state index contributed by atoms with van der Waals surface area (Å²) in [7, 11) is 6.13. The van der Waals surface area contributed by atoms with Gasteiger partial charge in [0.15, 0.2) is 6.04 Å². The van der Waals surface area contributed by atoms with Crippen LogP contribution in [0.25, 0.3) is 0 Å². The van der Waals surface area contributed by atoms with E-state index in [0.29, 0.717) is 6.54 Å². The average Bonchev–Trinajstić information content (AvgIpc) is 2.45. The number of rotatable bonds is 13. The van der Waals surface area contributed by atoms with Crippen LogP contribution in [-0.4, -0.2) is 60.9 Å². The summed E-state index contributed by atoms with van der Waals surface area (Å²) in [6, 6.07) is -0.322. The van der Waals surface area contributed by atoms with Crippen LogP contribution in [0.15, 0.2) is 0 Å². The first-order chi connectivity index (χ1) is 10.3. The Morgan fingerprint density at radius 1 is 1.05 bits per heavy atom. The maximum Gasteiger partial charge on any atom is 0.304 e. The minimum absolute atomic E-state index is 0.239. The Labute approximate surface area is 137 Å². The van der Waals surface area contributed by atoms with Crippen molar-refractivity contribution in [3.63, 3.8) is 0 Å². The van der Waals surface area contributed by atoms with E-state index >= 15 is 0 Å². The minimum atomic E-state index is -0.322. The first-order valence-electron chi connectivity index (χ1n) is 8.91. The molecule has 5 nitrogen and oxygen atoms in total. The molecule has 0 radical (unpaired) electrons. The van der Waals surface area contributed by atoms with E-state index in [2.05, 4.69) is 12.7 Å². The molecule has 0 spiro atoms. The maximum atomic E-state index is 12.0. The third-order valence-electron chi connectivity index (χ3n) is 3.99. The molecule has 1 atom stereocenters. The molecule has 0 saturated carbocycles. The Morgan fingerprint density at radius 2 is 1.55 bits per heavy atom. The Hall–Kier alpha value is -0.650. The van der Waals surface area contributed by atoms with Crippen molar-refractivity contribution in [2.24, 2.45) is 0 Å². The highest BCUT2D eigenvalue weighted by Crippen LogP contribution is 2.10. The van der Waals surface area contributed by atoms with Crippen LogP contribution in [0.1, 0.15) is 64.7 Å². The molecule has 5 heteroatoms. The van der Waals surface area contributed by atoms with Gasteiger partial charge in [-0.05, 0) is 6.42 Å². The molecule has 22 heavy (non-hydrogen) atoms. The van der Waals surface area contributed by atoms with Gasteiger partial charge in [-0.1, -0.05) is 51.9 Å². The molecule has 0 aliphatic carbocycles. The van der Waals surface area contributed by atoms with Gasteiger partial charge in [0.1, 0.15) is 0 Å². The molecule has 132 valence electrons. The van der Waals surface area contributed by atoms with Gasteiger partial charge in [0, 0.05) is 6.42 Å². The second kappa shape index (κ2) is 11.9. The van der Waals surface area contributed by atoms with Crippen LogP contribution in [0, 0.1) is 0 Å². The Morgan fingerprint density at radius 3 is 2.05 bits per heavy atom. The van der Waals surface area contributed by atoms with E-state index in [-0.39, 0.29) is 11.9 Å². The standard InChI is InChI=1S/C17H38N3O2/c1-5-6-7-8-9-10-11-12-13-16(18)17(21)19(22)14-15-20(2,3)4/h16,22H,5-15,18H2,1-4H3/q+1/p+1. The molecule has 0 aromatic rings. The number of unbranched alkanes of at least 4 members (excludes halogenated alkanes) is 7. The SMILES string of the molecule is CCCCCCCCCCC([NH3+])C(=O)N(O)CC[N+](C)(C)C. The first-order valence-corrected chi connectivity index (χ1v) is 8.91. The van der Waals surface area contributed by atoms with E-state index < -0.39 is 0 Å². The molecule has 0 heterocycles. The van der Waals surface area contributed by atoms with Gasteiger partial charge in [0.05, 0.1) is 34.2 Å². The fourth-order valence-electron chi connectivity index (χ4n) is 2.36. The Bertz CT molecular complexity index is 290. The van der Waals surface area contributed by atoms with Crippen molar-refractivity contribution in [2.75, 3.05) is 34.2 Å². The lowest BCUT2D eigenvalue weighted by Gasteiger charge is -2.26. The van der Waals surface area contributed by atoms with Gasteiger partial charge in [0.25, 0.3) is 0 Å². The third-order valence-corrected chi connectivity index (χ3v) is 3.99. The van der Waals surface area contributed by atoms with Gasteiger partial charge >= 0.3 is 5.91 Å². The number of likely N-dealkylation sites (N-methyl/N-ethyl adjacent to an activating group) is 1. The smallest absolute Gasteiger partial charge is 0.304 e. The number of amides is 1. The topological polar surface area (TPSA) is 68.2 Å². The lowest BCUT2D eigenvalue weighted by Crippen LogP contribution is -2.67. The molecular formula is C17H39N3O2+2. The van der Waals surface area contributed by atoms with E-state index in [0.717, 1.165) is 35.4 Å². The summed E-state index contributed by atoms with van der Waals surface area (Å²) in [5.74, 6) is -0.239. The van der Waals surface area contributed by atoms with Crippen molar-refractivity contribution in [3.8, 4) is 0 Å². The van der Waals surface area contributed by atoms with Crippen molar-refractivity contribution in [1.29, 1.82) is 0 Å². The molecule has 0 rings (SSSR count). The normalized spacial score (nSPS) is 13.2. The molecule has 1 unspecified atom stereocenters. The van der Waals surface area contributed by atoms with Gasteiger partial charge in [-0.3, -0.25) is 10.0 Å². The summed E-state index contributed by atoms with van der Waals surface area (Å²) >= 11 is 0. The maximum absolute atomic E-state index is 12.0. The van der Waals surface area contributed by atoms with Gasteiger partial charge in [-0.2, -0.15) is 0 Å². The zero-order chi connectivity index (χ0) is 17.0. The molecule has 0 aromatic heterocycles. The van der Waals surface area contributed by atoms with Gasteiger partial charge in [0.2, 0.25) is 0 Å². The van der Waals surface area contributed by atoms with Crippen LogP contribution in [0.5, 0.6) is 0 Å². The minimum Gasteiger partial charge on any atom is -0.347 e. The quantitative estimate of drug-likeness (QED) is 0.236. The fraction of sp³-hybridized carbons (Fsp3) is 0.941. The highest BCUT2D eigenvalue weighted by Gasteiger charge is 2.23. The molecule has 0 bridgehead atoms. The summed E-state index contributed by atoms with van der Waals surface area (Å²) in [6.45, 7) is 3.33. The Kier molecular flexibility index (Phi) is 11.5. The van der Waals surface area contributed by atoms with Crippen molar-refractivity contribution in [1.82, 2.24) is 5.06 Å². The first kappa shape index (κ1) is 21.4. The van der Waals surface area contributed by atoms with Crippen LogP contribution in [-0.2, 0) is 4.79 Å².